The van der Waals surface area contributed by atoms with Gasteiger partial charge in [-0.2, -0.15) is 0 Å². The molecular formula is C13H9BrClF2N. The maximum atomic E-state index is 13.4. The Morgan fingerprint density at radius 2 is 1.89 bits per heavy atom. The number of nitrogens with one attached hydrogen (secondary N) is 1. The van der Waals surface area contributed by atoms with E-state index >= 15 is 0 Å². The van der Waals surface area contributed by atoms with Gasteiger partial charge in [-0.3, -0.25) is 0 Å². The van der Waals surface area contributed by atoms with Crippen LogP contribution in [0.15, 0.2) is 40.9 Å². The van der Waals surface area contributed by atoms with Gasteiger partial charge in [0, 0.05) is 28.3 Å². The van der Waals surface area contributed by atoms with Gasteiger partial charge in [-0.05, 0) is 40.2 Å². The van der Waals surface area contributed by atoms with Crippen molar-refractivity contribution >= 4 is 33.2 Å². The monoisotopic (exact) mass is 331 g/mol. The van der Waals surface area contributed by atoms with Crippen LogP contribution in [-0.2, 0) is 6.54 Å². The summed E-state index contributed by atoms with van der Waals surface area (Å²) in [5, 5.41) is 3.64. The topological polar surface area (TPSA) is 12.0 Å². The Morgan fingerprint density at radius 3 is 2.56 bits per heavy atom. The van der Waals surface area contributed by atoms with Crippen molar-refractivity contribution in [2.24, 2.45) is 0 Å². The van der Waals surface area contributed by atoms with E-state index in [4.69, 9.17) is 11.6 Å². The predicted molar refractivity (Wildman–Crippen MR) is 72.8 cm³/mol. The zero-order valence-electron chi connectivity index (χ0n) is 9.18. The van der Waals surface area contributed by atoms with Crippen molar-refractivity contribution in [3.05, 3.63) is 63.1 Å². The van der Waals surface area contributed by atoms with Gasteiger partial charge in [0.1, 0.15) is 11.6 Å². The fourth-order valence-corrected chi connectivity index (χ4v) is 1.96. The first-order valence-corrected chi connectivity index (χ1v) is 6.36. The first kappa shape index (κ1) is 13.3. The van der Waals surface area contributed by atoms with E-state index in [-0.39, 0.29) is 6.54 Å². The van der Waals surface area contributed by atoms with Crippen molar-refractivity contribution in [2.75, 3.05) is 5.32 Å². The lowest BCUT2D eigenvalue weighted by molar-refractivity contribution is 0.574. The Morgan fingerprint density at radius 1 is 1.11 bits per heavy atom. The molecule has 0 aliphatic carbocycles. The van der Waals surface area contributed by atoms with Crippen molar-refractivity contribution in [3.8, 4) is 0 Å². The van der Waals surface area contributed by atoms with Crippen LogP contribution < -0.4 is 5.32 Å². The molecule has 0 aromatic heterocycles. The molecule has 2 rings (SSSR count). The average molecular weight is 333 g/mol. The maximum Gasteiger partial charge on any atom is 0.131 e. The normalized spacial score (nSPS) is 10.4. The molecule has 1 nitrogen and oxygen atoms in total. The van der Waals surface area contributed by atoms with E-state index in [2.05, 4.69) is 21.2 Å². The van der Waals surface area contributed by atoms with Gasteiger partial charge in [0.25, 0.3) is 0 Å². The lowest BCUT2D eigenvalue weighted by Gasteiger charge is -2.08. The maximum absolute atomic E-state index is 13.4. The summed E-state index contributed by atoms with van der Waals surface area (Å²) in [6.07, 6.45) is 0. The summed E-state index contributed by atoms with van der Waals surface area (Å²) in [6, 6.07) is 8.84. The van der Waals surface area contributed by atoms with Gasteiger partial charge < -0.3 is 5.32 Å². The molecule has 0 saturated carbocycles. The number of anilines is 1. The van der Waals surface area contributed by atoms with E-state index in [1.54, 1.807) is 18.2 Å². The number of benzene rings is 2. The molecule has 94 valence electrons. The highest BCUT2D eigenvalue weighted by Crippen LogP contribution is 2.25. The molecule has 0 amide bonds. The fraction of sp³-hybridized carbons (Fsp3) is 0.0769. The SMILES string of the molecule is Fc1ccc(CNc2ccc(Cl)c(Br)c2)c(F)c1. The molecule has 0 saturated heterocycles. The first-order chi connectivity index (χ1) is 8.56. The van der Waals surface area contributed by atoms with E-state index in [0.717, 1.165) is 16.2 Å². The van der Waals surface area contributed by atoms with Crippen LogP contribution in [0.2, 0.25) is 5.02 Å². The third-order valence-electron chi connectivity index (χ3n) is 2.42. The molecular weight excluding hydrogens is 324 g/mol. The third-order valence-corrected chi connectivity index (χ3v) is 3.63. The second kappa shape index (κ2) is 5.67. The summed E-state index contributed by atoms with van der Waals surface area (Å²) < 4.78 is 26.9. The highest BCUT2D eigenvalue weighted by atomic mass is 79.9. The molecule has 0 aliphatic heterocycles. The summed E-state index contributed by atoms with van der Waals surface area (Å²) in [6.45, 7) is 0.278. The minimum atomic E-state index is -0.578. The molecule has 0 aliphatic rings. The highest BCUT2D eigenvalue weighted by molar-refractivity contribution is 9.10. The highest BCUT2D eigenvalue weighted by Gasteiger charge is 2.04. The van der Waals surface area contributed by atoms with Crippen LogP contribution in [0.3, 0.4) is 0 Å². The Labute approximate surface area is 117 Å². The molecule has 0 heterocycles. The molecule has 0 radical (unpaired) electrons. The second-order valence-electron chi connectivity index (χ2n) is 3.72. The number of hydrogen-bond donors (Lipinski definition) is 1. The van der Waals surface area contributed by atoms with Gasteiger partial charge in [0.15, 0.2) is 0 Å². The Bertz CT molecular complexity index is 575. The predicted octanol–water partition coefficient (Wildman–Crippen LogP) is 4.99. The number of rotatable bonds is 3. The van der Waals surface area contributed by atoms with E-state index < -0.39 is 11.6 Å². The Hall–Kier alpha value is -1.13. The van der Waals surface area contributed by atoms with Crippen LogP contribution in [0.5, 0.6) is 0 Å². The van der Waals surface area contributed by atoms with E-state index in [1.165, 1.54) is 12.1 Å². The largest absolute Gasteiger partial charge is 0.381 e. The molecule has 18 heavy (non-hydrogen) atoms. The van der Waals surface area contributed by atoms with Crippen LogP contribution >= 0.6 is 27.5 Å². The van der Waals surface area contributed by atoms with Gasteiger partial charge in [0.2, 0.25) is 0 Å². The van der Waals surface area contributed by atoms with E-state index in [0.29, 0.717) is 10.6 Å². The van der Waals surface area contributed by atoms with E-state index in [9.17, 15) is 8.78 Å². The molecule has 5 heteroatoms. The minimum Gasteiger partial charge on any atom is -0.381 e. The van der Waals surface area contributed by atoms with Crippen LogP contribution in [0.1, 0.15) is 5.56 Å². The summed E-state index contributed by atoms with van der Waals surface area (Å²) in [7, 11) is 0. The zero-order valence-corrected chi connectivity index (χ0v) is 11.5. The van der Waals surface area contributed by atoms with E-state index in [1.807, 2.05) is 0 Å². The summed E-state index contributed by atoms with van der Waals surface area (Å²) in [4.78, 5) is 0. The number of halogens is 4. The van der Waals surface area contributed by atoms with Crippen molar-refractivity contribution in [1.82, 2.24) is 0 Å². The van der Waals surface area contributed by atoms with Crippen molar-refractivity contribution in [2.45, 2.75) is 6.54 Å². The quantitative estimate of drug-likeness (QED) is 0.834. The van der Waals surface area contributed by atoms with Crippen molar-refractivity contribution in [3.63, 3.8) is 0 Å². The van der Waals surface area contributed by atoms with Gasteiger partial charge >= 0.3 is 0 Å². The summed E-state index contributed by atoms with van der Waals surface area (Å²) >= 11 is 9.16. The molecule has 2 aromatic rings. The van der Waals surface area contributed by atoms with Gasteiger partial charge in [-0.1, -0.05) is 17.7 Å². The molecule has 0 atom stereocenters. The van der Waals surface area contributed by atoms with Gasteiger partial charge in [-0.25, -0.2) is 8.78 Å². The fourth-order valence-electron chi connectivity index (χ4n) is 1.47. The number of hydrogen-bond acceptors (Lipinski definition) is 1. The molecule has 1 N–H and O–H groups in total. The first-order valence-electron chi connectivity index (χ1n) is 5.19. The standard InChI is InChI=1S/C13H9BrClF2N/c14-11-6-10(3-4-12(11)15)18-7-8-1-2-9(16)5-13(8)17/h1-6,18H,7H2. The lowest BCUT2D eigenvalue weighted by Crippen LogP contribution is -2.02. The lowest BCUT2D eigenvalue weighted by atomic mass is 10.2. The summed E-state index contributed by atoms with van der Waals surface area (Å²) in [5.74, 6) is -1.14. The molecule has 2 aromatic carbocycles. The van der Waals surface area contributed by atoms with Crippen LogP contribution in [-0.4, -0.2) is 0 Å². The molecule has 0 spiro atoms. The Balaban J connectivity index is 2.09. The Kier molecular flexibility index (Phi) is 4.19. The van der Waals surface area contributed by atoms with Crippen LogP contribution in [0.25, 0.3) is 0 Å². The van der Waals surface area contributed by atoms with Crippen molar-refractivity contribution < 1.29 is 8.78 Å². The van der Waals surface area contributed by atoms with Crippen LogP contribution in [0, 0.1) is 11.6 Å². The van der Waals surface area contributed by atoms with Gasteiger partial charge in [-0.15, -0.1) is 0 Å². The average Bonchev–Trinajstić information content (AvgIpc) is 2.32. The molecule has 0 fully saturated rings. The third kappa shape index (κ3) is 3.21. The van der Waals surface area contributed by atoms with Crippen molar-refractivity contribution in [1.29, 1.82) is 0 Å². The smallest absolute Gasteiger partial charge is 0.131 e. The molecule has 0 unspecified atom stereocenters. The second-order valence-corrected chi connectivity index (χ2v) is 4.98. The molecule has 0 bridgehead atoms. The van der Waals surface area contributed by atoms with Crippen LogP contribution in [0.4, 0.5) is 14.5 Å². The zero-order chi connectivity index (χ0) is 13.1. The minimum absolute atomic E-state index is 0.278. The van der Waals surface area contributed by atoms with Gasteiger partial charge in [0.05, 0.1) is 5.02 Å². The summed E-state index contributed by atoms with van der Waals surface area (Å²) in [5.41, 5.74) is 1.21.